The molecule has 3 aromatic rings. The minimum absolute atomic E-state index is 0.00641. The molecular formula is C28H29ClF4N6O3. The van der Waals surface area contributed by atoms with Crippen molar-refractivity contribution in [3.8, 4) is 23.0 Å². The number of hydrogen-bond acceptors (Lipinski definition) is 9. The SMILES string of the molecule is Cc1cc(N)nc(-c2c(Cl)c3c4c(nc(OCC56COC(C5)C6)nc4c2F)N(C)C2CNCCC2CO3)c1C(F)(F)F. The lowest BCUT2D eigenvalue weighted by Gasteiger charge is -2.41. The van der Waals surface area contributed by atoms with Gasteiger partial charge in [0.2, 0.25) is 0 Å². The van der Waals surface area contributed by atoms with Crippen LogP contribution in [-0.2, 0) is 10.9 Å². The zero-order valence-electron chi connectivity index (χ0n) is 22.9. The molecule has 0 radical (unpaired) electrons. The summed E-state index contributed by atoms with van der Waals surface area (Å²) in [5, 5.41) is 3.17. The zero-order valence-corrected chi connectivity index (χ0v) is 23.7. The van der Waals surface area contributed by atoms with E-state index in [0.717, 1.165) is 31.9 Å². The molecule has 2 atom stereocenters. The standard InChI is InChI=1S/C28H29ClF4N6O3/c1-12-5-16(34)36-22(19(12)28(31,32)33)17-20(29)24-18-23(21(17)30)37-26(42-11-27-6-14(7-27)41-10-27)38-25(18)39(2)15-8-35-4-3-13(15)9-40-24/h5,13-15,35H,3-4,6-11H2,1-2H3,(H2,34,36). The topological polar surface area (TPSA) is 108 Å². The number of benzene rings is 1. The highest BCUT2D eigenvalue weighted by molar-refractivity contribution is 6.36. The van der Waals surface area contributed by atoms with E-state index in [1.54, 1.807) is 0 Å². The van der Waals surface area contributed by atoms with E-state index in [9.17, 15) is 13.2 Å². The van der Waals surface area contributed by atoms with Gasteiger partial charge in [0.25, 0.3) is 0 Å². The first kappa shape index (κ1) is 27.7. The van der Waals surface area contributed by atoms with Crippen molar-refractivity contribution in [2.24, 2.45) is 11.3 Å². The van der Waals surface area contributed by atoms with Crippen LogP contribution < -0.4 is 25.4 Å². The Balaban J connectivity index is 1.47. The smallest absolute Gasteiger partial charge is 0.418 e. The summed E-state index contributed by atoms with van der Waals surface area (Å²) in [4.78, 5) is 14.9. The molecule has 2 bridgehead atoms. The molecular weight excluding hydrogens is 580 g/mol. The number of pyridine rings is 1. The minimum atomic E-state index is -4.87. The summed E-state index contributed by atoms with van der Waals surface area (Å²) in [6.07, 6.45) is -2.15. The number of anilines is 2. The molecule has 4 aliphatic heterocycles. The lowest BCUT2D eigenvalue weighted by molar-refractivity contribution is -0.137. The summed E-state index contributed by atoms with van der Waals surface area (Å²) < 4.78 is 77.6. The fraction of sp³-hybridized carbons (Fsp3) is 0.536. The Hall–Kier alpha value is -3.16. The largest absolute Gasteiger partial charge is 0.491 e. The molecule has 3 N–H and O–H groups in total. The fourth-order valence-corrected chi connectivity index (χ4v) is 7.16. The number of nitrogens with two attached hydrogens (primary N) is 1. The second kappa shape index (κ2) is 9.68. The Kier molecular flexibility index (Phi) is 6.37. The highest BCUT2D eigenvalue weighted by Gasteiger charge is 2.52. The molecule has 4 fully saturated rings. The number of ether oxygens (including phenoxy) is 3. The summed E-state index contributed by atoms with van der Waals surface area (Å²) in [6.45, 7) is 3.69. The van der Waals surface area contributed by atoms with Gasteiger partial charge in [-0.15, -0.1) is 0 Å². The fourth-order valence-electron chi connectivity index (χ4n) is 6.84. The number of piperidine rings is 1. The molecule has 1 aliphatic carbocycles. The third-order valence-electron chi connectivity index (χ3n) is 9.02. The van der Waals surface area contributed by atoms with Crippen LogP contribution in [0, 0.1) is 24.1 Å². The van der Waals surface area contributed by atoms with Gasteiger partial charge in [-0.2, -0.15) is 23.1 Å². The van der Waals surface area contributed by atoms with E-state index >= 15 is 4.39 Å². The Morgan fingerprint density at radius 1 is 1.26 bits per heavy atom. The van der Waals surface area contributed by atoms with Crippen LogP contribution in [0.4, 0.5) is 29.2 Å². The third kappa shape index (κ3) is 4.31. The van der Waals surface area contributed by atoms with Gasteiger partial charge in [0.1, 0.15) is 17.2 Å². The average Bonchev–Trinajstić information content (AvgIpc) is 3.51. The number of likely N-dealkylation sites (N-methyl/N-ethyl adjacent to an activating group) is 1. The summed E-state index contributed by atoms with van der Waals surface area (Å²) >= 11 is 6.77. The van der Waals surface area contributed by atoms with E-state index in [4.69, 9.17) is 31.5 Å². The number of hydrogen-bond donors (Lipinski definition) is 2. The molecule has 2 unspecified atom stereocenters. The second-order valence-corrected chi connectivity index (χ2v) is 12.2. The summed E-state index contributed by atoms with van der Waals surface area (Å²) in [5.41, 5.74) is 2.75. The first-order valence-electron chi connectivity index (χ1n) is 13.8. The van der Waals surface area contributed by atoms with E-state index in [1.807, 2.05) is 11.9 Å². The van der Waals surface area contributed by atoms with Gasteiger partial charge < -0.3 is 30.2 Å². The van der Waals surface area contributed by atoms with Gasteiger partial charge in [0, 0.05) is 31.0 Å². The van der Waals surface area contributed by atoms with Crippen molar-refractivity contribution in [2.75, 3.05) is 50.6 Å². The molecule has 8 rings (SSSR count). The van der Waals surface area contributed by atoms with Crippen LogP contribution in [0.25, 0.3) is 22.2 Å². The number of aryl methyl sites for hydroxylation is 1. The molecule has 1 saturated carbocycles. The van der Waals surface area contributed by atoms with Crippen LogP contribution in [-0.4, -0.2) is 67.1 Å². The Bertz CT molecular complexity index is 1590. The Morgan fingerprint density at radius 3 is 2.76 bits per heavy atom. The summed E-state index contributed by atoms with van der Waals surface area (Å²) in [5.74, 6) is -0.958. The third-order valence-corrected chi connectivity index (χ3v) is 9.38. The molecule has 0 spiro atoms. The van der Waals surface area contributed by atoms with Crippen LogP contribution in [0.1, 0.15) is 30.4 Å². The van der Waals surface area contributed by atoms with Gasteiger partial charge >= 0.3 is 12.2 Å². The van der Waals surface area contributed by atoms with Crippen LogP contribution >= 0.6 is 11.6 Å². The van der Waals surface area contributed by atoms with Crippen molar-refractivity contribution >= 4 is 34.1 Å². The van der Waals surface area contributed by atoms with Crippen LogP contribution in [0.2, 0.25) is 5.02 Å². The number of halogens is 5. The van der Waals surface area contributed by atoms with Gasteiger partial charge in [-0.1, -0.05) is 11.6 Å². The number of aromatic nitrogens is 3. The van der Waals surface area contributed by atoms with E-state index in [2.05, 4.69) is 20.3 Å². The van der Waals surface area contributed by atoms with E-state index in [1.165, 1.54) is 6.92 Å². The first-order chi connectivity index (χ1) is 20.0. The molecule has 9 nitrogen and oxygen atoms in total. The maximum absolute atomic E-state index is 16.7. The van der Waals surface area contributed by atoms with Crippen molar-refractivity contribution in [3.63, 3.8) is 0 Å². The lowest BCUT2D eigenvalue weighted by Crippen LogP contribution is -2.52. The number of alkyl halides is 3. The van der Waals surface area contributed by atoms with Crippen LogP contribution in [0.15, 0.2) is 6.07 Å². The lowest BCUT2D eigenvalue weighted by atomic mass is 9.71. The first-order valence-corrected chi connectivity index (χ1v) is 14.2. The van der Waals surface area contributed by atoms with Crippen LogP contribution in [0.3, 0.4) is 0 Å². The number of rotatable bonds is 4. The number of fused-ring (bicyclic) bond motifs is 2. The molecule has 1 aromatic carbocycles. The molecule has 6 heterocycles. The molecule has 42 heavy (non-hydrogen) atoms. The van der Waals surface area contributed by atoms with Crippen molar-refractivity contribution in [1.29, 1.82) is 0 Å². The monoisotopic (exact) mass is 608 g/mol. The second-order valence-electron chi connectivity index (χ2n) is 11.8. The van der Waals surface area contributed by atoms with Crippen molar-refractivity contribution in [3.05, 3.63) is 28.0 Å². The van der Waals surface area contributed by atoms with E-state index in [-0.39, 0.29) is 75.8 Å². The number of nitrogens with zero attached hydrogens (tertiary/aromatic N) is 4. The van der Waals surface area contributed by atoms with Crippen molar-refractivity contribution < 1.29 is 31.8 Å². The Morgan fingerprint density at radius 2 is 2.05 bits per heavy atom. The predicted octanol–water partition coefficient (Wildman–Crippen LogP) is 4.76. The van der Waals surface area contributed by atoms with Gasteiger partial charge in [0.05, 0.1) is 53.2 Å². The van der Waals surface area contributed by atoms with Crippen LogP contribution in [0.5, 0.6) is 11.8 Å². The van der Waals surface area contributed by atoms with Gasteiger partial charge in [-0.05, 0) is 44.4 Å². The zero-order chi connectivity index (χ0) is 29.6. The minimum Gasteiger partial charge on any atom is -0.491 e. The summed E-state index contributed by atoms with van der Waals surface area (Å²) in [7, 11) is 1.84. The molecule has 5 aliphatic rings. The van der Waals surface area contributed by atoms with Gasteiger partial charge in [0.15, 0.2) is 11.6 Å². The Labute approximate surface area is 243 Å². The molecule has 14 heteroatoms. The van der Waals surface area contributed by atoms with E-state index in [0.29, 0.717) is 19.0 Å². The van der Waals surface area contributed by atoms with E-state index < -0.39 is 28.8 Å². The highest BCUT2D eigenvalue weighted by Crippen LogP contribution is 2.52. The molecule has 3 saturated heterocycles. The average molecular weight is 609 g/mol. The maximum Gasteiger partial charge on any atom is 0.418 e. The maximum atomic E-state index is 16.7. The molecule has 2 aromatic heterocycles. The van der Waals surface area contributed by atoms with Crippen molar-refractivity contribution in [1.82, 2.24) is 20.3 Å². The predicted molar refractivity (Wildman–Crippen MR) is 147 cm³/mol. The quantitative estimate of drug-likeness (QED) is 0.406. The van der Waals surface area contributed by atoms with Gasteiger partial charge in [-0.25, -0.2) is 9.37 Å². The van der Waals surface area contributed by atoms with Gasteiger partial charge in [-0.3, -0.25) is 0 Å². The summed E-state index contributed by atoms with van der Waals surface area (Å²) in [6, 6.07) is 0.939. The molecule has 0 amide bonds. The normalized spacial score (nSPS) is 26.7. The molecule has 224 valence electrons. The van der Waals surface area contributed by atoms with Crippen molar-refractivity contribution in [2.45, 2.75) is 44.5 Å². The number of nitrogen functional groups attached to an aromatic ring is 1. The highest BCUT2D eigenvalue weighted by atomic mass is 35.5. The number of nitrogens with one attached hydrogen (secondary N) is 1.